The quantitative estimate of drug-likeness (QED) is 0.723. The van der Waals surface area contributed by atoms with Gasteiger partial charge in [0.1, 0.15) is 0 Å². The molecule has 21 heavy (non-hydrogen) atoms. The second kappa shape index (κ2) is 10.5. The van der Waals surface area contributed by atoms with E-state index in [1.165, 1.54) is 19.3 Å². The Kier molecular flexibility index (Phi) is 8.87. The number of hydrogen-bond acceptors (Lipinski definition) is 2. The van der Waals surface area contributed by atoms with Gasteiger partial charge in [0.15, 0.2) is 0 Å². The molecule has 1 saturated heterocycles. The smallest absolute Gasteiger partial charge is 0.315 e. The highest BCUT2D eigenvalue weighted by molar-refractivity contribution is 5.84. The molecule has 1 fully saturated rings. The van der Waals surface area contributed by atoms with Gasteiger partial charge in [0.25, 0.3) is 0 Å². The number of carbonyl (C=O) groups excluding carboxylic acids is 2. The highest BCUT2D eigenvalue weighted by atomic mass is 16.2. The summed E-state index contributed by atoms with van der Waals surface area (Å²) >= 11 is 0. The third-order valence-electron chi connectivity index (χ3n) is 4.20. The molecule has 5 nitrogen and oxygen atoms in total. The van der Waals surface area contributed by atoms with E-state index in [4.69, 9.17) is 0 Å². The summed E-state index contributed by atoms with van der Waals surface area (Å²) in [5.74, 6) is 0.566. The van der Waals surface area contributed by atoms with Crippen molar-refractivity contribution in [1.29, 1.82) is 0 Å². The minimum absolute atomic E-state index is 0.0304. The lowest BCUT2D eigenvalue weighted by atomic mass is 9.99. The van der Waals surface area contributed by atoms with Gasteiger partial charge in [-0.15, -0.1) is 0 Å². The second-order valence-corrected chi connectivity index (χ2v) is 5.92. The molecule has 2 N–H and O–H groups in total. The zero-order valence-corrected chi connectivity index (χ0v) is 13.6. The number of urea groups is 1. The maximum atomic E-state index is 11.9. The number of nitrogens with zero attached hydrogens (tertiary/aromatic N) is 1. The monoisotopic (exact) mass is 297 g/mol. The van der Waals surface area contributed by atoms with Crippen molar-refractivity contribution in [3.8, 4) is 0 Å². The van der Waals surface area contributed by atoms with E-state index in [9.17, 15) is 9.59 Å². The summed E-state index contributed by atoms with van der Waals surface area (Å²) in [5.41, 5.74) is 0. The predicted molar refractivity (Wildman–Crippen MR) is 85.1 cm³/mol. The largest absolute Gasteiger partial charge is 0.341 e. The minimum Gasteiger partial charge on any atom is -0.341 e. The molecule has 5 heteroatoms. The fourth-order valence-electron chi connectivity index (χ4n) is 2.65. The van der Waals surface area contributed by atoms with Crippen LogP contribution < -0.4 is 10.6 Å². The van der Waals surface area contributed by atoms with Crippen LogP contribution in [0.3, 0.4) is 0 Å². The molecule has 0 spiro atoms. The van der Waals surface area contributed by atoms with Crippen molar-refractivity contribution in [2.45, 2.75) is 58.8 Å². The average Bonchev–Trinajstić information content (AvgIpc) is 2.53. The molecule has 1 rings (SSSR count). The topological polar surface area (TPSA) is 61.4 Å². The Bertz CT molecular complexity index is 315. The Hall–Kier alpha value is -1.26. The molecular weight excluding hydrogens is 266 g/mol. The SMILES string of the molecule is CCCCC(CC)CNC(=O)NCC(=O)N1CCCCC1. The van der Waals surface area contributed by atoms with E-state index in [0.29, 0.717) is 12.5 Å². The van der Waals surface area contributed by atoms with Crippen LogP contribution in [0.2, 0.25) is 0 Å². The number of hydrogen-bond donors (Lipinski definition) is 2. The van der Waals surface area contributed by atoms with Gasteiger partial charge in [0.2, 0.25) is 5.91 Å². The van der Waals surface area contributed by atoms with Crippen molar-refractivity contribution in [2.24, 2.45) is 5.92 Å². The molecule has 1 heterocycles. The van der Waals surface area contributed by atoms with Gasteiger partial charge in [-0.1, -0.05) is 33.1 Å². The summed E-state index contributed by atoms with van der Waals surface area (Å²) in [5, 5.41) is 5.55. The van der Waals surface area contributed by atoms with E-state index in [0.717, 1.165) is 38.8 Å². The fraction of sp³-hybridized carbons (Fsp3) is 0.875. The Labute approximate surface area is 128 Å². The van der Waals surface area contributed by atoms with Crippen LogP contribution in [0.25, 0.3) is 0 Å². The third-order valence-corrected chi connectivity index (χ3v) is 4.20. The summed E-state index contributed by atoms with van der Waals surface area (Å²) in [7, 11) is 0. The number of unbranched alkanes of at least 4 members (excludes halogenated alkanes) is 1. The third kappa shape index (κ3) is 7.34. The van der Waals surface area contributed by atoms with Gasteiger partial charge in [0.05, 0.1) is 6.54 Å². The molecule has 0 bridgehead atoms. The average molecular weight is 297 g/mol. The molecule has 122 valence electrons. The predicted octanol–water partition coefficient (Wildman–Crippen LogP) is 2.51. The zero-order valence-electron chi connectivity index (χ0n) is 13.6. The molecule has 0 aromatic rings. The molecule has 0 aromatic carbocycles. The first-order valence-electron chi connectivity index (χ1n) is 8.46. The molecule has 1 aliphatic rings. The molecule has 0 aliphatic carbocycles. The molecular formula is C16H31N3O2. The summed E-state index contributed by atoms with van der Waals surface area (Å²) in [6.07, 6.45) is 7.98. The van der Waals surface area contributed by atoms with E-state index in [-0.39, 0.29) is 18.5 Å². The highest BCUT2D eigenvalue weighted by Crippen LogP contribution is 2.11. The van der Waals surface area contributed by atoms with Crippen LogP contribution in [-0.2, 0) is 4.79 Å². The number of nitrogens with one attached hydrogen (secondary N) is 2. The van der Waals surface area contributed by atoms with Crippen molar-refractivity contribution in [1.82, 2.24) is 15.5 Å². The van der Waals surface area contributed by atoms with Gasteiger partial charge in [-0.2, -0.15) is 0 Å². The molecule has 0 aromatic heterocycles. The van der Waals surface area contributed by atoms with Gasteiger partial charge in [-0.05, 0) is 31.6 Å². The Morgan fingerprint density at radius 3 is 2.43 bits per heavy atom. The van der Waals surface area contributed by atoms with Crippen molar-refractivity contribution in [3.63, 3.8) is 0 Å². The number of carbonyl (C=O) groups is 2. The van der Waals surface area contributed by atoms with E-state index >= 15 is 0 Å². The molecule has 0 radical (unpaired) electrons. The Morgan fingerprint density at radius 1 is 1.10 bits per heavy atom. The van der Waals surface area contributed by atoms with Gasteiger partial charge in [-0.25, -0.2) is 4.79 Å². The van der Waals surface area contributed by atoms with Gasteiger partial charge in [-0.3, -0.25) is 4.79 Å². The maximum Gasteiger partial charge on any atom is 0.315 e. The van der Waals surface area contributed by atoms with Gasteiger partial charge < -0.3 is 15.5 Å². The number of rotatable bonds is 8. The van der Waals surface area contributed by atoms with Crippen molar-refractivity contribution in [2.75, 3.05) is 26.2 Å². The van der Waals surface area contributed by atoms with Crippen LogP contribution in [0.15, 0.2) is 0 Å². The van der Waals surface area contributed by atoms with Crippen LogP contribution in [-0.4, -0.2) is 43.0 Å². The van der Waals surface area contributed by atoms with Crippen LogP contribution in [0.4, 0.5) is 4.79 Å². The normalized spacial score (nSPS) is 16.4. The highest BCUT2D eigenvalue weighted by Gasteiger charge is 2.17. The number of likely N-dealkylation sites (tertiary alicyclic amines) is 1. The lowest BCUT2D eigenvalue weighted by Crippen LogP contribution is -2.46. The molecule has 0 saturated carbocycles. The van der Waals surface area contributed by atoms with Crippen molar-refractivity contribution < 1.29 is 9.59 Å². The Morgan fingerprint density at radius 2 is 1.81 bits per heavy atom. The summed E-state index contributed by atoms with van der Waals surface area (Å²) in [6.45, 7) is 6.80. The van der Waals surface area contributed by atoms with E-state index in [2.05, 4.69) is 24.5 Å². The van der Waals surface area contributed by atoms with E-state index in [1.807, 2.05) is 4.90 Å². The molecule has 1 aliphatic heterocycles. The molecule has 1 atom stereocenters. The standard InChI is InChI=1S/C16H31N3O2/c1-3-5-9-14(4-2)12-17-16(21)18-13-15(20)19-10-7-6-8-11-19/h14H,3-13H2,1-2H3,(H2,17,18,21). The van der Waals surface area contributed by atoms with Crippen molar-refractivity contribution >= 4 is 11.9 Å². The summed E-state index contributed by atoms with van der Waals surface area (Å²) in [4.78, 5) is 25.5. The summed E-state index contributed by atoms with van der Waals surface area (Å²) < 4.78 is 0. The number of amides is 3. The van der Waals surface area contributed by atoms with Gasteiger partial charge in [0, 0.05) is 19.6 Å². The zero-order chi connectivity index (χ0) is 15.5. The molecule has 3 amide bonds. The van der Waals surface area contributed by atoms with Crippen LogP contribution >= 0.6 is 0 Å². The lowest BCUT2D eigenvalue weighted by Gasteiger charge is -2.26. The van der Waals surface area contributed by atoms with E-state index in [1.54, 1.807) is 0 Å². The van der Waals surface area contributed by atoms with Crippen molar-refractivity contribution in [3.05, 3.63) is 0 Å². The van der Waals surface area contributed by atoms with Crippen LogP contribution in [0.5, 0.6) is 0 Å². The first-order valence-corrected chi connectivity index (χ1v) is 8.46. The first-order chi connectivity index (χ1) is 10.2. The Balaban J connectivity index is 2.16. The van der Waals surface area contributed by atoms with Gasteiger partial charge >= 0.3 is 6.03 Å². The first kappa shape index (κ1) is 17.8. The number of piperidine rings is 1. The van der Waals surface area contributed by atoms with Crippen LogP contribution in [0.1, 0.15) is 58.8 Å². The lowest BCUT2D eigenvalue weighted by molar-refractivity contribution is -0.130. The van der Waals surface area contributed by atoms with Crippen LogP contribution in [0, 0.1) is 5.92 Å². The maximum absolute atomic E-state index is 11.9. The van der Waals surface area contributed by atoms with E-state index < -0.39 is 0 Å². The second-order valence-electron chi connectivity index (χ2n) is 5.92. The summed E-state index contributed by atoms with van der Waals surface area (Å²) in [6, 6.07) is -0.227. The minimum atomic E-state index is -0.227. The molecule has 1 unspecified atom stereocenters. The fourth-order valence-corrected chi connectivity index (χ4v) is 2.65.